The van der Waals surface area contributed by atoms with Crippen molar-refractivity contribution in [2.45, 2.75) is 6.92 Å². The van der Waals surface area contributed by atoms with E-state index in [1.807, 2.05) is 0 Å². The summed E-state index contributed by atoms with van der Waals surface area (Å²) >= 11 is 1.32. The number of Topliss-reactive ketones (excluding diaryl/α,β-unsaturated/α-hetero) is 1. The highest BCUT2D eigenvalue weighted by molar-refractivity contribution is 7.13. The van der Waals surface area contributed by atoms with Crippen LogP contribution >= 0.6 is 11.3 Å². The van der Waals surface area contributed by atoms with Gasteiger partial charge >= 0.3 is 5.97 Å². The van der Waals surface area contributed by atoms with E-state index in [1.54, 1.807) is 47.8 Å². The van der Waals surface area contributed by atoms with Gasteiger partial charge in [0.15, 0.2) is 0 Å². The molecule has 0 fully saturated rings. The second-order valence-corrected chi connectivity index (χ2v) is 4.68. The fourth-order valence-corrected chi connectivity index (χ4v) is 2.08. The van der Waals surface area contributed by atoms with Gasteiger partial charge in [-0.3, -0.25) is 4.79 Å². The summed E-state index contributed by atoms with van der Waals surface area (Å²) < 4.78 is 0. The van der Waals surface area contributed by atoms with E-state index in [2.05, 4.69) is 5.16 Å². The van der Waals surface area contributed by atoms with Gasteiger partial charge in [-0.1, -0.05) is 29.4 Å². The minimum absolute atomic E-state index is 0.145. The third-order valence-corrected chi connectivity index (χ3v) is 3.22. The van der Waals surface area contributed by atoms with Crippen LogP contribution in [0.4, 0.5) is 0 Å². The molecule has 0 aliphatic carbocycles. The summed E-state index contributed by atoms with van der Waals surface area (Å²) in [6.45, 7) is 1.51. The number of nitrogens with zero attached hydrogens (tertiary/aromatic N) is 1. The summed E-state index contributed by atoms with van der Waals surface area (Å²) in [7, 11) is 0. The average molecular weight is 273 g/mol. The molecule has 1 aromatic heterocycles. The number of carbonyl (C=O) groups is 2. The molecule has 0 unspecified atom stereocenters. The first kappa shape index (κ1) is 13.2. The number of carbonyl (C=O) groups excluding carboxylic acids is 2. The molecule has 0 saturated carbocycles. The molecule has 1 heterocycles. The van der Waals surface area contributed by atoms with Crippen LogP contribution in [-0.4, -0.2) is 17.5 Å². The lowest BCUT2D eigenvalue weighted by atomic mass is 10.2. The Hall–Kier alpha value is -2.27. The zero-order valence-electron chi connectivity index (χ0n) is 10.2. The van der Waals surface area contributed by atoms with Crippen molar-refractivity contribution >= 4 is 28.8 Å². The maximum absolute atomic E-state index is 11.8. The Morgan fingerprint density at radius 2 is 1.84 bits per heavy atom. The molecule has 19 heavy (non-hydrogen) atoms. The summed E-state index contributed by atoms with van der Waals surface area (Å²) in [5.74, 6) is -0.824. The maximum Gasteiger partial charge on any atom is 0.365 e. The number of hydrogen-bond acceptors (Lipinski definition) is 5. The Kier molecular flexibility index (Phi) is 4.20. The van der Waals surface area contributed by atoms with Crippen molar-refractivity contribution in [3.8, 4) is 0 Å². The summed E-state index contributed by atoms with van der Waals surface area (Å²) in [6, 6.07) is 12.0. The molecule has 2 aromatic rings. The van der Waals surface area contributed by atoms with Gasteiger partial charge in [0.1, 0.15) is 5.71 Å². The molecule has 5 heteroatoms. The zero-order chi connectivity index (χ0) is 13.7. The van der Waals surface area contributed by atoms with E-state index in [-0.39, 0.29) is 11.5 Å². The van der Waals surface area contributed by atoms with Gasteiger partial charge in [0.05, 0.1) is 10.4 Å². The standard InChI is InChI=1S/C14H11NO3S/c1-10(13(16)12-8-5-9-19-12)15-18-14(17)11-6-3-2-4-7-11/h2-9H,1H3/b15-10-. The second-order valence-electron chi connectivity index (χ2n) is 3.73. The minimum atomic E-state index is -0.584. The average Bonchev–Trinajstić information content (AvgIpc) is 2.98. The van der Waals surface area contributed by atoms with Crippen molar-refractivity contribution in [3.05, 3.63) is 58.3 Å². The molecule has 96 valence electrons. The third kappa shape index (κ3) is 3.35. The Balaban J connectivity index is 2.03. The van der Waals surface area contributed by atoms with Gasteiger partial charge in [0.2, 0.25) is 5.78 Å². The highest BCUT2D eigenvalue weighted by Gasteiger charge is 2.12. The molecule has 0 aliphatic heterocycles. The SMILES string of the molecule is C/C(=N/OC(=O)c1ccccc1)C(=O)c1cccs1. The number of rotatable bonds is 4. The number of hydrogen-bond donors (Lipinski definition) is 0. The number of oxime groups is 1. The predicted octanol–water partition coefficient (Wildman–Crippen LogP) is 3.16. The van der Waals surface area contributed by atoms with Gasteiger partial charge in [0.25, 0.3) is 0 Å². The fourth-order valence-electron chi connectivity index (χ4n) is 1.36. The van der Waals surface area contributed by atoms with Crippen molar-refractivity contribution < 1.29 is 14.4 Å². The van der Waals surface area contributed by atoms with E-state index >= 15 is 0 Å². The monoisotopic (exact) mass is 273 g/mol. The van der Waals surface area contributed by atoms with Crippen LogP contribution in [0.3, 0.4) is 0 Å². The van der Waals surface area contributed by atoms with Crippen molar-refractivity contribution in [1.29, 1.82) is 0 Å². The third-order valence-electron chi connectivity index (χ3n) is 2.35. The van der Waals surface area contributed by atoms with Gasteiger partial charge in [-0.2, -0.15) is 0 Å². The first-order chi connectivity index (χ1) is 9.18. The van der Waals surface area contributed by atoms with Crippen LogP contribution in [0.25, 0.3) is 0 Å². The second kappa shape index (κ2) is 6.06. The molecule has 1 aromatic carbocycles. The highest BCUT2D eigenvalue weighted by atomic mass is 32.1. The summed E-state index contributed by atoms with van der Waals surface area (Å²) in [5, 5.41) is 5.38. The maximum atomic E-state index is 11.8. The van der Waals surface area contributed by atoms with E-state index in [0.29, 0.717) is 10.4 Å². The molecule has 0 amide bonds. The summed E-state index contributed by atoms with van der Waals surface area (Å²) in [4.78, 5) is 28.8. The van der Waals surface area contributed by atoms with E-state index < -0.39 is 5.97 Å². The molecule has 0 radical (unpaired) electrons. The lowest BCUT2D eigenvalue weighted by molar-refractivity contribution is 0.0515. The Morgan fingerprint density at radius 1 is 1.11 bits per heavy atom. The number of thiophene rings is 1. The first-order valence-electron chi connectivity index (χ1n) is 5.57. The van der Waals surface area contributed by atoms with E-state index in [9.17, 15) is 9.59 Å². The normalized spacial score (nSPS) is 11.1. The fraction of sp³-hybridized carbons (Fsp3) is 0.0714. The Bertz CT molecular complexity index is 603. The van der Waals surface area contributed by atoms with Crippen LogP contribution < -0.4 is 0 Å². The van der Waals surface area contributed by atoms with E-state index in [4.69, 9.17) is 4.84 Å². The van der Waals surface area contributed by atoms with Gasteiger partial charge in [-0.15, -0.1) is 11.3 Å². The van der Waals surface area contributed by atoms with E-state index in [0.717, 1.165) is 0 Å². The smallest absolute Gasteiger partial charge is 0.312 e. The highest BCUT2D eigenvalue weighted by Crippen LogP contribution is 2.10. The van der Waals surface area contributed by atoms with Crippen LogP contribution in [-0.2, 0) is 4.84 Å². The van der Waals surface area contributed by atoms with Crippen LogP contribution in [0.15, 0.2) is 53.0 Å². The van der Waals surface area contributed by atoms with Crippen LogP contribution in [0.5, 0.6) is 0 Å². The lowest BCUT2D eigenvalue weighted by Crippen LogP contribution is -2.11. The van der Waals surface area contributed by atoms with Crippen LogP contribution in [0, 0.1) is 0 Å². The van der Waals surface area contributed by atoms with Gasteiger partial charge in [0, 0.05) is 0 Å². The molecule has 0 spiro atoms. The molecule has 2 rings (SSSR count). The van der Waals surface area contributed by atoms with Crippen molar-refractivity contribution in [2.24, 2.45) is 5.16 Å². The van der Waals surface area contributed by atoms with Crippen molar-refractivity contribution in [1.82, 2.24) is 0 Å². The largest absolute Gasteiger partial charge is 0.365 e. The zero-order valence-corrected chi connectivity index (χ0v) is 11.0. The first-order valence-corrected chi connectivity index (χ1v) is 6.45. The Morgan fingerprint density at radius 3 is 2.47 bits per heavy atom. The molecular formula is C14H11NO3S. The number of ketones is 1. The van der Waals surface area contributed by atoms with Gasteiger partial charge < -0.3 is 4.84 Å². The minimum Gasteiger partial charge on any atom is -0.312 e. The lowest BCUT2D eigenvalue weighted by Gasteiger charge is -1.99. The summed E-state index contributed by atoms with van der Waals surface area (Å²) in [6.07, 6.45) is 0. The van der Waals surface area contributed by atoms with Gasteiger partial charge in [-0.25, -0.2) is 4.79 Å². The molecular weight excluding hydrogens is 262 g/mol. The molecule has 0 N–H and O–H groups in total. The van der Waals surface area contributed by atoms with Crippen molar-refractivity contribution in [3.63, 3.8) is 0 Å². The quantitative estimate of drug-likeness (QED) is 0.372. The predicted molar refractivity (Wildman–Crippen MR) is 73.6 cm³/mol. The summed E-state index contributed by atoms with van der Waals surface area (Å²) in [5.41, 5.74) is 0.536. The van der Waals surface area contributed by atoms with Crippen molar-refractivity contribution in [2.75, 3.05) is 0 Å². The van der Waals surface area contributed by atoms with Crippen LogP contribution in [0.2, 0.25) is 0 Å². The molecule has 4 nitrogen and oxygen atoms in total. The van der Waals surface area contributed by atoms with Gasteiger partial charge in [-0.05, 0) is 30.5 Å². The van der Waals surface area contributed by atoms with Crippen LogP contribution in [0.1, 0.15) is 27.0 Å². The molecule has 0 bridgehead atoms. The number of benzene rings is 1. The topological polar surface area (TPSA) is 55.7 Å². The Labute approximate surface area is 114 Å². The molecule has 0 atom stereocenters. The molecule has 0 aliphatic rings. The molecule has 0 saturated heterocycles. The van der Waals surface area contributed by atoms with E-state index in [1.165, 1.54) is 18.3 Å².